The lowest BCUT2D eigenvalue weighted by Gasteiger charge is -2.39. The number of amides is 1. The van der Waals surface area contributed by atoms with Crippen LogP contribution in [0, 0.1) is 11.3 Å². The van der Waals surface area contributed by atoms with Crippen molar-refractivity contribution in [2.24, 2.45) is 11.3 Å². The quantitative estimate of drug-likeness (QED) is 0.768. The van der Waals surface area contributed by atoms with Crippen molar-refractivity contribution in [1.29, 1.82) is 0 Å². The van der Waals surface area contributed by atoms with E-state index in [1.54, 1.807) is 7.11 Å². The molecule has 1 fully saturated rings. The zero-order valence-corrected chi connectivity index (χ0v) is 12.9. The molecule has 0 aromatic heterocycles. The minimum atomic E-state index is -0.890. The highest BCUT2D eigenvalue weighted by molar-refractivity contribution is 5.84. The van der Waals surface area contributed by atoms with Crippen LogP contribution in [0.3, 0.4) is 0 Å². The summed E-state index contributed by atoms with van der Waals surface area (Å²) in [5, 5.41) is 12.2. The van der Waals surface area contributed by atoms with Crippen LogP contribution in [-0.4, -0.2) is 37.2 Å². The van der Waals surface area contributed by atoms with Crippen LogP contribution in [0.1, 0.15) is 24.8 Å². The van der Waals surface area contributed by atoms with Crippen molar-refractivity contribution in [2.45, 2.75) is 25.7 Å². The first-order valence-corrected chi connectivity index (χ1v) is 7.61. The lowest BCUT2D eigenvalue weighted by atomic mass is 9.68. The van der Waals surface area contributed by atoms with E-state index in [4.69, 9.17) is 4.74 Å². The molecule has 5 heteroatoms. The van der Waals surface area contributed by atoms with Gasteiger partial charge in [0.15, 0.2) is 0 Å². The van der Waals surface area contributed by atoms with Crippen LogP contribution in [0.2, 0.25) is 0 Å². The molecule has 1 aliphatic carbocycles. The van der Waals surface area contributed by atoms with Gasteiger partial charge in [0.2, 0.25) is 5.91 Å². The minimum absolute atomic E-state index is 0.0834. The van der Waals surface area contributed by atoms with E-state index in [0.29, 0.717) is 13.0 Å². The summed E-state index contributed by atoms with van der Waals surface area (Å²) >= 11 is 0. The molecule has 1 amide bonds. The molecule has 0 radical (unpaired) electrons. The molecule has 1 saturated carbocycles. The smallest absolute Gasteiger partial charge is 0.308 e. The Labute approximate surface area is 130 Å². The zero-order chi connectivity index (χ0) is 16.0. The number of hydrogen-bond acceptors (Lipinski definition) is 3. The van der Waals surface area contributed by atoms with Gasteiger partial charge in [0, 0.05) is 13.7 Å². The predicted octanol–water partition coefficient (Wildman–Crippen LogP) is 1.86. The number of aliphatic carboxylic acids is 1. The summed E-state index contributed by atoms with van der Waals surface area (Å²) < 4.78 is 5.14. The Bertz CT molecular complexity index is 511. The molecule has 1 aromatic rings. The second-order valence-electron chi connectivity index (χ2n) is 6.00. The van der Waals surface area contributed by atoms with E-state index in [1.807, 2.05) is 30.3 Å². The average molecular weight is 305 g/mol. The van der Waals surface area contributed by atoms with Gasteiger partial charge in [0.1, 0.15) is 0 Å². The summed E-state index contributed by atoms with van der Waals surface area (Å²) in [5.41, 5.74) is 0.504. The zero-order valence-electron chi connectivity index (χ0n) is 12.9. The summed E-state index contributed by atoms with van der Waals surface area (Å²) in [6.45, 7) is 0.545. The Balaban J connectivity index is 1.91. The highest BCUT2D eigenvalue weighted by Crippen LogP contribution is 2.41. The van der Waals surface area contributed by atoms with E-state index in [0.717, 1.165) is 24.8 Å². The van der Waals surface area contributed by atoms with Gasteiger partial charge in [-0.1, -0.05) is 36.8 Å². The van der Waals surface area contributed by atoms with Crippen molar-refractivity contribution in [3.05, 3.63) is 35.9 Å². The maximum absolute atomic E-state index is 12.3. The SMILES string of the molecule is COCC1(C(=O)NCC(Cc2ccccc2)C(=O)O)CCC1. The van der Waals surface area contributed by atoms with Gasteiger partial charge >= 0.3 is 5.97 Å². The van der Waals surface area contributed by atoms with Gasteiger partial charge in [0.05, 0.1) is 17.9 Å². The summed E-state index contributed by atoms with van der Waals surface area (Å²) in [7, 11) is 1.59. The topological polar surface area (TPSA) is 75.6 Å². The molecule has 120 valence electrons. The van der Waals surface area contributed by atoms with Gasteiger partial charge in [-0.05, 0) is 24.8 Å². The Morgan fingerprint density at radius 1 is 1.32 bits per heavy atom. The third-order valence-electron chi connectivity index (χ3n) is 4.40. The molecule has 0 aliphatic heterocycles. The second-order valence-corrected chi connectivity index (χ2v) is 6.00. The number of ether oxygens (including phenoxy) is 1. The number of carbonyl (C=O) groups is 2. The van der Waals surface area contributed by atoms with Gasteiger partial charge in [-0.25, -0.2) is 0 Å². The molecule has 5 nitrogen and oxygen atoms in total. The molecular formula is C17H23NO4. The Morgan fingerprint density at radius 2 is 2.00 bits per heavy atom. The molecule has 0 heterocycles. The molecule has 0 spiro atoms. The molecule has 2 rings (SSSR count). The van der Waals surface area contributed by atoms with Crippen molar-refractivity contribution >= 4 is 11.9 Å². The molecule has 0 saturated heterocycles. The van der Waals surface area contributed by atoms with Gasteiger partial charge < -0.3 is 15.2 Å². The van der Waals surface area contributed by atoms with Crippen LogP contribution in [0.15, 0.2) is 30.3 Å². The first kappa shape index (κ1) is 16.5. The lowest BCUT2D eigenvalue weighted by Crippen LogP contribution is -2.50. The number of benzene rings is 1. The van der Waals surface area contributed by atoms with Gasteiger partial charge in [-0.2, -0.15) is 0 Å². The van der Waals surface area contributed by atoms with Crippen molar-refractivity contribution in [1.82, 2.24) is 5.32 Å². The van der Waals surface area contributed by atoms with E-state index in [-0.39, 0.29) is 12.5 Å². The van der Waals surface area contributed by atoms with Crippen LogP contribution in [0.5, 0.6) is 0 Å². The number of carboxylic acid groups (broad SMARTS) is 1. The number of methoxy groups -OCH3 is 1. The Morgan fingerprint density at radius 3 is 2.50 bits per heavy atom. The normalized spacial score (nSPS) is 17.3. The monoisotopic (exact) mass is 305 g/mol. The highest BCUT2D eigenvalue weighted by Gasteiger charge is 2.44. The molecule has 1 atom stereocenters. The first-order chi connectivity index (χ1) is 10.6. The Hall–Kier alpha value is -1.88. The largest absolute Gasteiger partial charge is 0.481 e. The second kappa shape index (κ2) is 7.40. The Kier molecular flexibility index (Phi) is 5.55. The average Bonchev–Trinajstić information content (AvgIpc) is 2.47. The lowest BCUT2D eigenvalue weighted by molar-refractivity contribution is -0.143. The maximum Gasteiger partial charge on any atom is 0.308 e. The first-order valence-electron chi connectivity index (χ1n) is 7.61. The molecular weight excluding hydrogens is 282 g/mol. The summed E-state index contributed by atoms with van der Waals surface area (Å²) in [4.78, 5) is 23.7. The molecule has 0 bridgehead atoms. The third kappa shape index (κ3) is 3.85. The molecule has 2 N–H and O–H groups in total. The number of nitrogens with one attached hydrogen (secondary N) is 1. The predicted molar refractivity (Wildman–Crippen MR) is 82.4 cm³/mol. The van der Waals surface area contributed by atoms with Gasteiger partial charge in [-0.3, -0.25) is 9.59 Å². The van der Waals surface area contributed by atoms with Crippen LogP contribution >= 0.6 is 0 Å². The third-order valence-corrected chi connectivity index (χ3v) is 4.40. The standard InChI is InChI=1S/C17H23NO4/c1-22-12-17(8-5-9-17)16(21)18-11-14(15(19)20)10-13-6-3-2-4-7-13/h2-4,6-7,14H,5,8-12H2,1H3,(H,18,21)(H,19,20). The van der Waals surface area contributed by atoms with E-state index < -0.39 is 17.3 Å². The van der Waals surface area contributed by atoms with Crippen molar-refractivity contribution in [2.75, 3.05) is 20.3 Å². The van der Waals surface area contributed by atoms with Crippen molar-refractivity contribution < 1.29 is 19.4 Å². The number of carbonyl (C=O) groups excluding carboxylic acids is 1. The van der Waals surface area contributed by atoms with Gasteiger partial charge in [0.25, 0.3) is 0 Å². The maximum atomic E-state index is 12.3. The van der Waals surface area contributed by atoms with E-state index in [1.165, 1.54) is 0 Å². The highest BCUT2D eigenvalue weighted by atomic mass is 16.5. The summed E-state index contributed by atoms with van der Waals surface area (Å²) in [6.07, 6.45) is 3.04. The number of hydrogen-bond donors (Lipinski definition) is 2. The van der Waals surface area contributed by atoms with E-state index in [9.17, 15) is 14.7 Å². The van der Waals surface area contributed by atoms with Crippen LogP contribution in [0.25, 0.3) is 0 Å². The van der Waals surface area contributed by atoms with Gasteiger partial charge in [-0.15, -0.1) is 0 Å². The van der Waals surface area contributed by atoms with Crippen molar-refractivity contribution in [3.8, 4) is 0 Å². The number of carboxylic acids is 1. The van der Waals surface area contributed by atoms with Crippen molar-refractivity contribution in [3.63, 3.8) is 0 Å². The van der Waals surface area contributed by atoms with Crippen LogP contribution in [0.4, 0.5) is 0 Å². The van der Waals surface area contributed by atoms with E-state index in [2.05, 4.69) is 5.32 Å². The summed E-state index contributed by atoms with van der Waals surface area (Å²) in [6, 6.07) is 9.46. The van der Waals surface area contributed by atoms with Crippen LogP contribution in [-0.2, 0) is 20.7 Å². The fraction of sp³-hybridized carbons (Fsp3) is 0.529. The molecule has 1 unspecified atom stereocenters. The minimum Gasteiger partial charge on any atom is -0.481 e. The fourth-order valence-corrected chi connectivity index (χ4v) is 2.87. The fourth-order valence-electron chi connectivity index (χ4n) is 2.87. The van der Waals surface area contributed by atoms with E-state index >= 15 is 0 Å². The number of rotatable bonds is 8. The summed E-state index contributed by atoms with van der Waals surface area (Å²) in [5.74, 6) is -1.59. The molecule has 1 aliphatic rings. The molecule has 1 aromatic carbocycles. The molecule has 22 heavy (non-hydrogen) atoms. The van der Waals surface area contributed by atoms with Crippen LogP contribution < -0.4 is 5.32 Å².